The highest BCUT2D eigenvalue weighted by Gasteiger charge is 2.02. The van der Waals surface area contributed by atoms with E-state index in [0.29, 0.717) is 13.1 Å². The number of halogens is 1. The molecule has 28 heavy (non-hydrogen) atoms. The molecule has 0 atom stereocenters. The van der Waals surface area contributed by atoms with Gasteiger partial charge in [-0.2, -0.15) is 5.10 Å². The lowest BCUT2D eigenvalue weighted by Crippen LogP contribution is -2.38. The standard InChI is InChI=1S/C19H25N7S.HI/c1-3-21-19(22-8-7-18-12-27-15(2)25-18)23-10-16-5-4-6-17(9-16)11-26-14-20-13-24-26;/h4-6,9,12-14H,3,7-8,10-11H2,1-2H3,(H2,21,22,23);1H. The molecule has 3 rings (SSSR count). The number of nitrogens with zero attached hydrogens (tertiary/aromatic N) is 5. The average Bonchev–Trinajstić information content (AvgIpc) is 3.32. The van der Waals surface area contributed by atoms with E-state index in [1.165, 1.54) is 11.1 Å². The Bertz CT molecular complexity index is 861. The van der Waals surface area contributed by atoms with Crippen LogP contribution in [0.3, 0.4) is 0 Å². The van der Waals surface area contributed by atoms with Gasteiger partial charge in [0, 0.05) is 24.9 Å². The molecule has 2 heterocycles. The summed E-state index contributed by atoms with van der Waals surface area (Å²) in [5, 5.41) is 14.0. The van der Waals surface area contributed by atoms with Gasteiger partial charge in [0.2, 0.25) is 0 Å². The van der Waals surface area contributed by atoms with Gasteiger partial charge in [-0.15, -0.1) is 35.3 Å². The topological polar surface area (TPSA) is 80.0 Å². The summed E-state index contributed by atoms with van der Waals surface area (Å²) in [4.78, 5) is 13.2. The number of thiazole rings is 1. The van der Waals surface area contributed by atoms with Gasteiger partial charge >= 0.3 is 0 Å². The maximum Gasteiger partial charge on any atom is 0.191 e. The van der Waals surface area contributed by atoms with Crippen molar-refractivity contribution >= 4 is 41.3 Å². The quantitative estimate of drug-likeness (QED) is 0.276. The molecule has 2 N–H and O–H groups in total. The third-order valence-corrected chi connectivity index (χ3v) is 4.73. The van der Waals surface area contributed by atoms with Crippen LogP contribution < -0.4 is 10.6 Å². The third-order valence-electron chi connectivity index (χ3n) is 3.91. The smallest absolute Gasteiger partial charge is 0.191 e. The molecular formula is C19H26IN7S. The van der Waals surface area contributed by atoms with Crippen LogP contribution in [-0.2, 0) is 19.5 Å². The molecule has 0 saturated heterocycles. The fourth-order valence-corrected chi connectivity index (χ4v) is 3.32. The highest BCUT2D eigenvalue weighted by Crippen LogP contribution is 2.09. The molecule has 7 nitrogen and oxygen atoms in total. The van der Waals surface area contributed by atoms with E-state index < -0.39 is 0 Å². The molecule has 3 aromatic rings. The van der Waals surface area contributed by atoms with Crippen molar-refractivity contribution in [3.05, 3.63) is 64.1 Å². The number of aryl methyl sites for hydroxylation is 1. The van der Waals surface area contributed by atoms with Crippen LogP contribution in [0, 0.1) is 6.92 Å². The Balaban J connectivity index is 0.00000280. The summed E-state index contributed by atoms with van der Waals surface area (Å²) in [6.07, 6.45) is 4.17. The molecular weight excluding hydrogens is 485 g/mol. The first-order valence-corrected chi connectivity index (χ1v) is 9.94. The molecule has 0 aliphatic heterocycles. The number of hydrogen-bond donors (Lipinski definition) is 2. The number of rotatable bonds is 8. The fourth-order valence-electron chi connectivity index (χ4n) is 2.67. The lowest BCUT2D eigenvalue weighted by molar-refractivity contribution is 0.684. The lowest BCUT2D eigenvalue weighted by atomic mass is 10.1. The first-order chi connectivity index (χ1) is 13.2. The van der Waals surface area contributed by atoms with Crippen LogP contribution in [-0.4, -0.2) is 38.8 Å². The van der Waals surface area contributed by atoms with Crippen LogP contribution in [0.5, 0.6) is 0 Å². The monoisotopic (exact) mass is 511 g/mol. The predicted molar refractivity (Wildman–Crippen MR) is 124 cm³/mol. The molecule has 0 aliphatic rings. The van der Waals surface area contributed by atoms with Crippen molar-refractivity contribution < 1.29 is 0 Å². The van der Waals surface area contributed by atoms with Crippen LogP contribution in [0.25, 0.3) is 0 Å². The van der Waals surface area contributed by atoms with E-state index >= 15 is 0 Å². The van der Waals surface area contributed by atoms with Crippen molar-refractivity contribution in [3.8, 4) is 0 Å². The SMILES string of the molecule is CCNC(=NCc1cccc(Cn2cncn2)c1)NCCc1csc(C)n1.I. The third kappa shape index (κ3) is 7.19. The Morgan fingerprint density at radius 3 is 2.82 bits per heavy atom. The number of hydrogen-bond acceptors (Lipinski definition) is 5. The molecule has 1 aromatic carbocycles. The summed E-state index contributed by atoms with van der Waals surface area (Å²) in [5.74, 6) is 0.825. The highest BCUT2D eigenvalue weighted by molar-refractivity contribution is 14.0. The Hall–Kier alpha value is -2.01. The largest absolute Gasteiger partial charge is 0.357 e. The second-order valence-corrected chi connectivity index (χ2v) is 7.21. The summed E-state index contributed by atoms with van der Waals surface area (Å²) >= 11 is 1.69. The van der Waals surface area contributed by atoms with E-state index in [1.807, 2.05) is 11.6 Å². The van der Waals surface area contributed by atoms with Gasteiger partial charge in [0.25, 0.3) is 0 Å². The molecule has 0 fully saturated rings. The molecule has 2 aromatic heterocycles. The Morgan fingerprint density at radius 1 is 1.25 bits per heavy atom. The number of aliphatic imine (C=N–C) groups is 1. The minimum Gasteiger partial charge on any atom is -0.357 e. The van der Waals surface area contributed by atoms with Gasteiger partial charge in [0.15, 0.2) is 5.96 Å². The van der Waals surface area contributed by atoms with E-state index in [9.17, 15) is 0 Å². The van der Waals surface area contributed by atoms with Gasteiger partial charge in [-0.1, -0.05) is 24.3 Å². The summed E-state index contributed by atoms with van der Waals surface area (Å²) in [7, 11) is 0. The molecule has 0 amide bonds. The van der Waals surface area contributed by atoms with E-state index in [-0.39, 0.29) is 24.0 Å². The van der Waals surface area contributed by atoms with Gasteiger partial charge in [-0.25, -0.2) is 19.6 Å². The molecule has 0 unspecified atom stereocenters. The zero-order valence-corrected chi connectivity index (χ0v) is 19.3. The van der Waals surface area contributed by atoms with Gasteiger partial charge in [0.1, 0.15) is 12.7 Å². The van der Waals surface area contributed by atoms with Crippen molar-refractivity contribution in [1.29, 1.82) is 0 Å². The number of benzene rings is 1. The Labute approximate surface area is 186 Å². The van der Waals surface area contributed by atoms with Crippen molar-refractivity contribution in [1.82, 2.24) is 30.4 Å². The summed E-state index contributed by atoms with van der Waals surface area (Å²) in [6.45, 7) is 7.07. The second-order valence-electron chi connectivity index (χ2n) is 6.14. The zero-order valence-electron chi connectivity index (χ0n) is 16.1. The van der Waals surface area contributed by atoms with E-state index in [2.05, 4.69) is 62.3 Å². The fraction of sp³-hybridized carbons (Fsp3) is 0.368. The number of nitrogens with one attached hydrogen (secondary N) is 2. The highest BCUT2D eigenvalue weighted by atomic mass is 127. The first kappa shape index (κ1) is 22.3. The van der Waals surface area contributed by atoms with Crippen LogP contribution >= 0.6 is 35.3 Å². The van der Waals surface area contributed by atoms with Crippen LogP contribution in [0.4, 0.5) is 0 Å². The van der Waals surface area contributed by atoms with Crippen molar-refractivity contribution in [2.24, 2.45) is 4.99 Å². The molecule has 0 bridgehead atoms. The van der Waals surface area contributed by atoms with Gasteiger partial charge in [-0.3, -0.25) is 0 Å². The average molecular weight is 511 g/mol. The Morgan fingerprint density at radius 2 is 2.11 bits per heavy atom. The van der Waals surface area contributed by atoms with Gasteiger partial charge < -0.3 is 10.6 Å². The minimum atomic E-state index is 0. The number of aromatic nitrogens is 4. The van der Waals surface area contributed by atoms with E-state index in [0.717, 1.165) is 36.2 Å². The van der Waals surface area contributed by atoms with Gasteiger partial charge in [0.05, 0.1) is 23.8 Å². The maximum absolute atomic E-state index is 4.70. The lowest BCUT2D eigenvalue weighted by Gasteiger charge is -2.11. The van der Waals surface area contributed by atoms with Crippen LogP contribution in [0.15, 0.2) is 47.3 Å². The predicted octanol–water partition coefficient (Wildman–Crippen LogP) is 3.01. The number of guanidine groups is 1. The zero-order chi connectivity index (χ0) is 18.9. The van der Waals surface area contributed by atoms with E-state index in [1.54, 1.807) is 24.0 Å². The minimum absolute atomic E-state index is 0. The van der Waals surface area contributed by atoms with Crippen molar-refractivity contribution in [2.75, 3.05) is 13.1 Å². The molecule has 0 saturated carbocycles. The molecule has 9 heteroatoms. The summed E-state index contributed by atoms with van der Waals surface area (Å²) < 4.78 is 1.81. The molecule has 150 valence electrons. The van der Waals surface area contributed by atoms with Gasteiger partial charge in [-0.05, 0) is 25.0 Å². The van der Waals surface area contributed by atoms with Crippen molar-refractivity contribution in [3.63, 3.8) is 0 Å². The summed E-state index contributed by atoms with van der Waals surface area (Å²) in [5.41, 5.74) is 3.48. The van der Waals surface area contributed by atoms with Crippen LogP contribution in [0.2, 0.25) is 0 Å². The normalized spacial score (nSPS) is 11.1. The summed E-state index contributed by atoms with van der Waals surface area (Å²) in [6, 6.07) is 8.40. The maximum atomic E-state index is 4.70. The molecule has 0 radical (unpaired) electrons. The first-order valence-electron chi connectivity index (χ1n) is 9.06. The second kappa shape index (κ2) is 11.7. The van der Waals surface area contributed by atoms with E-state index in [4.69, 9.17) is 4.99 Å². The molecule has 0 aliphatic carbocycles. The Kier molecular flexibility index (Phi) is 9.35. The van der Waals surface area contributed by atoms with Crippen LogP contribution in [0.1, 0.15) is 28.8 Å². The molecule has 0 spiro atoms. The van der Waals surface area contributed by atoms with Crippen molar-refractivity contribution in [2.45, 2.75) is 33.4 Å².